The van der Waals surface area contributed by atoms with Crippen molar-refractivity contribution in [1.29, 1.82) is 0 Å². The molecule has 1 aromatic carbocycles. The van der Waals surface area contributed by atoms with Crippen LogP contribution in [0.3, 0.4) is 0 Å². The van der Waals surface area contributed by atoms with Crippen LogP contribution in [0, 0.1) is 29.5 Å². The van der Waals surface area contributed by atoms with E-state index in [0.717, 1.165) is 12.8 Å². The predicted molar refractivity (Wildman–Crippen MR) is 72.9 cm³/mol. The Morgan fingerprint density at radius 2 is 2.32 bits per heavy atom. The molecule has 1 unspecified atom stereocenters. The van der Waals surface area contributed by atoms with Gasteiger partial charge in [0.2, 0.25) is 5.91 Å². The first-order chi connectivity index (χ1) is 9.11. The Bertz CT molecular complexity index is 541. The van der Waals surface area contributed by atoms with Crippen molar-refractivity contribution in [1.82, 2.24) is 0 Å². The van der Waals surface area contributed by atoms with E-state index in [2.05, 4.69) is 17.2 Å². The van der Waals surface area contributed by atoms with Crippen molar-refractivity contribution in [2.75, 3.05) is 11.9 Å². The lowest BCUT2D eigenvalue weighted by molar-refractivity contribution is -0.119. The summed E-state index contributed by atoms with van der Waals surface area (Å²) in [6, 6.07) is 4.38. The highest BCUT2D eigenvalue weighted by Crippen LogP contribution is 2.37. The Morgan fingerprint density at radius 1 is 1.58 bits per heavy atom. The number of nitrogens with one attached hydrogen (secondary N) is 1. The van der Waals surface area contributed by atoms with Crippen LogP contribution in [0.15, 0.2) is 18.2 Å². The number of halogens is 1. The van der Waals surface area contributed by atoms with Gasteiger partial charge < -0.3 is 11.1 Å². The Labute approximate surface area is 112 Å². The summed E-state index contributed by atoms with van der Waals surface area (Å²) in [6.45, 7) is 2.10. The molecule has 100 valence electrons. The van der Waals surface area contributed by atoms with Crippen molar-refractivity contribution in [3.05, 3.63) is 29.6 Å². The van der Waals surface area contributed by atoms with Crippen LogP contribution in [0.25, 0.3) is 0 Å². The quantitative estimate of drug-likeness (QED) is 0.818. The van der Waals surface area contributed by atoms with Crippen molar-refractivity contribution in [3.8, 4) is 11.8 Å². The maximum absolute atomic E-state index is 13.5. The van der Waals surface area contributed by atoms with E-state index in [1.807, 2.05) is 6.92 Å². The first-order valence-corrected chi connectivity index (χ1v) is 6.41. The second-order valence-electron chi connectivity index (χ2n) is 4.82. The largest absolute Gasteiger partial charge is 0.326 e. The van der Waals surface area contributed by atoms with Crippen molar-refractivity contribution in [2.24, 2.45) is 17.6 Å². The molecule has 1 aromatic rings. The Hall–Kier alpha value is -1.86. The smallest absolute Gasteiger partial charge is 0.227 e. The second-order valence-corrected chi connectivity index (χ2v) is 4.82. The molecule has 4 heteroatoms. The fourth-order valence-corrected chi connectivity index (χ4v) is 1.91. The van der Waals surface area contributed by atoms with Crippen LogP contribution in [0.2, 0.25) is 0 Å². The minimum absolute atomic E-state index is 0.00336. The topological polar surface area (TPSA) is 55.1 Å². The van der Waals surface area contributed by atoms with Crippen LogP contribution in [-0.2, 0) is 4.79 Å². The summed E-state index contributed by atoms with van der Waals surface area (Å²) in [7, 11) is 0. The van der Waals surface area contributed by atoms with Gasteiger partial charge in [0, 0.05) is 11.6 Å². The molecule has 0 spiro atoms. The Morgan fingerprint density at radius 3 is 2.95 bits per heavy atom. The molecule has 3 N–H and O–H groups in total. The summed E-state index contributed by atoms with van der Waals surface area (Å²) < 4.78 is 13.5. The van der Waals surface area contributed by atoms with Gasteiger partial charge in [0.1, 0.15) is 5.82 Å². The highest BCUT2D eigenvalue weighted by molar-refractivity contribution is 5.92. The molecular formula is C15H17FN2O. The van der Waals surface area contributed by atoms with Crippen molar-refractivity contribution >= 4 is 11.6 Å². The van der Waals surface area contributed by atoms with E-state index in [4.69, 9.17) is 5.73 Å². The van der Waals surface area contributed by atoms with Gasteiger partial charge in [0.25, 0.3) is 0 Å². The summed E-state index contributed by atoms with van der Waals surface area (Å²) in [6.07, 6.45) is 2.23. The first kappa shape index (κ1) is 13.6. The van der Waals surface area contributed by atoms with Crippen LogP contribution < -0.4 is 11.1 Å². The van der Waals surface area contributed by atoms with Crippen LogP contribution in [0.4, 0.5) is 10.1 Å². The van der Waals surface area contributed by atoms with Gasteiger partial charge >= 0.3 is 0 Å². The lowest BCUT2D eigenvalue weighted by atomic mass is 10.1. The average molecular weight is 260 g/mol. The molecule has 0 heterocycles. The number of benzene rings is 1. The van der Waals surface area contributed by atoms with E-state index < -0.39 is 5.82 Å². The maximum Gasteiger partial charge on any atom is 0.227 e. The molecule has 3 nitrogen and oxygen atoms in total. The molecule has 0 saturated heterocycles. The van der Waals surface area contributed by atoms with Crippen molar-refractivity contribution in [2.45, 2.75) is 19.8 Å². The number of anilines is 1. The van der Waals surface area contributed by atoms with Crippen molar-refractivity contribution < 1.29 is 9.18 Å². The minimum Gasteiger partial charge on any atom is -0.326 e. The third-order valence-corrected chi connectivity index (χ3v) is 3.30. The molecule has 0 bridgehead atoms. The third kappa shape index (κ3) is 3.55. The molecule has 1 atom stereocenters. The molecule has 0 aliphatic heterocycles. The van der Waals surface area contributed by atoms with E-state index >= 15 is 0 Å². The van der Waals surface area contributed by atoms with Crippen LogP contribution in [0.1, 0.15) is 25.3 Å². The SMILES string of the molecule is CC(C(=O)Nc1ccc(F)c(C#CCN)c1)C1CC1. The number of carbonyl (C=O) groups excluding carboxylic acids is 1. The summed E-state index contributed by atoms with van der Waals surface area (Å²) in [4.78, 5) is 11.9. The van der Waals surface area contributed by atoms with Crippen molar-refractivity contribution in [3.63, 3.8) is 0 Å². The van der Waals surface area contributed by atoms with Crippen LogP contribution in [-0.4, -0.2) is 12.5 Å². The Balaban J connectivity index is 2.09. The number of hydrogen-bond donors (Lipinski definition) is 2. The average Bonchev–Trinajstić information content (AvgIpc) is 3.22. The maximum atomic E-state index is 13.5. The summed E-state index contributed by atoms with van der Waals surface area (Å²) in [5.74, 6) is 5.32. The fraction of sp³-hybridized carbons (Fsp3) is 0.400. The van der Waals surface area contributed by atoms with E-state index in [0.29, 0.717) is 11.6 Å². The molecular weight excluding hydrogens is 243 g/mol. The number of carbonyl (C=O) groups is 1. The second kappa shape index (κ2) is 5.85. The zero-order valence-corrected chi connectivity index (χ0v) is 10.9. The van der Waals surface area contributed by atoms with E-state index in [-0.39, 0.29) is 23.9 Å². The molecule has 1 fully saturated rings. The molecule has 1 saturated carbocycles. The Kier molecular flexibility index (Phi) is 4.18. The first-order valence-electron chi connectivity index (χ1n) is 6.41. The molecule has 1 amide bonds. The molecule has 0 aromatic heterocycles. The lowest BCUT2D eigenvalue weighted by Gasteiger charge is -2.11. The molecule has 2 rings (SSSR count). The summed E-state index contributed by atoms with van der Waals surface area (Å²) >= 11 is 0. The lowest BCUT2D eigenvalue weighted by Crippen LogP contribution is -2.21. The standard InChI is InChI=1S/C15H17FN2O/c1-10(11-4-5-11)15(19)18-13-6-7-14(16)12(9-13)3-2-8-17/h6-7,9-11H,4-5,8,17H2,1H3,(H,18,19). The van der Waals surface area contributed by atoms with Gasteiger partial charge in [-0.3, -0.25) is 4.79 Å². The van der Waals surface area contributed by atoms with E-state index in [1.54, 1.807) is 6.07 Å². The molecule has 19 heavy (non-hydrogen) atoms. The zero-order chi connectivity index (χ0) is 13.8. The molecule has 1 aliphatic carbocycles. The zero-order valence-electron chi connectivity index (χ0n) is 10.9. The minimum atomic E-state index is -0.408. The number of nitrogens with two attached hydrogens (primary N) is 1. The number of hydrogen-bond acceptors (Lipinski definition) is 2. The fourth-order valence-electron chi connectivity index (χ4n) is 1.91. The van der Waals surface area contributed by atoms with Gasteiger partial charge in [0.15, 0.2) is 0 Å². The highest BCUT2D eigenvalue weighted by atomic mass is 19.1. The van der Waals surface area contributed by atoms with E-state index in [1.165, 1.54) is 12.1 Å². The summed E-state index contributed by atoms with van der Waals surface area (Å²) in [5, 5.41) is 2.80. The van der Waals surface area contributed by atoms with Crippen LogP contribution in [0.5, 0.6) is 0 Å². The normalized spacial score (nSPS) is 15.3. The number of rotatable bonds is 3. The third-order valence-electron chi connectivity index (χ3n) is 3.30. The van der Waals surface area contributed by atoms with E-state index in [9.17, 15) is 9.18 Å². The summed E-state index contributed by atoms with van der Waals surface area (Å²) in [5.41, 5.74) is 6.08. The highest BCUT2D eigenvalue weighted by Gasteiger charge is 2.32. The van der Waals surface area contributed by atoms with Gasteiger partial charge in [0.05, 0.1) is 12.1 Å². The van der Waals surface area contributed by atoms with Gasteiger partial charge in [-0.2, -0.15) is 0 Å². The molecule has 0 radical (unpaired) electrons. The van der Waals surface area contributed by atoms with Gasteiger partial charge in [-0.1, -0.05) is 18.8 Å². The predicted octanol–water partition coefficient (Wildman–Crippen LogP) is 2.12. The van der Waals surface area contributed by atoms with Gasteiger partial charge in [-0.05, 0) is 37.0 Å². The molecule has 1 aliphatic rings. The van der Waals surface area contributed by atoms with Crippen LogP contribution >= 0.6 is 0 Å². The van der Waals surface area contributed by atoms with Gasteiger partial charge in [-0.15, -0.1) is 0 Å². The monoisotopic (exact) mass is 260 g/mol. The number of amides is 1. The van der Waals surface area contributed by atoms with Gasteiger partial charge in [-0.25, -0.2) is 4.39 Å².